The minimum Gasteiger partial charge on any atom is -0.487 e. The SMILES string of the molecule is CCOc1cccc(N2CCCN(C(=O)c3cccc(Cl)c3)CC2)c1[N+](=O)[O-]. The Kier molecular flexibility index (Phi) is 6.36. The number of para-hydroxylation sites is 1. The monoisotopic (exact) mass is 403 g/mol. The molecule has 7 nitrogen and oxygen atoms in total. The highest BCUT2D eigenvalue weighted by molar-refractivity contribution is 6.30. The number of halogens is 1. The van der Waals surface area contributed by atoms with Gasteiger partial charge in [0.1, 0.15) is 5.69 Å². The molecule has 2 aromatic rings. The van der Waals surface area contributed by atoms with Crippen molar-refractivity contribution in [3.05, 3.63) is 63.2 Å². The Labute approximate surface area is 168 Å². The summed E-state index contributed by atoms with van der Waals surface area (Å²) in [5, 5.41) is 12.2. The molecule has 0 saturated carbocycles. The maximum absolute atomic E-state index is 12.8. The number of carbonyl (C=O) groups is 1. The molecule has 1 amide bonds. The number of nitro groups is 1. The number of hydrogen-bond donors (Lipinski definition) is 0. The number of nitrogens with zero attached hydrogens (tertiary/aromatic N) is 3. The van der Waals surface area contributed by atoms with Crippen LogP contribution in [0.4, 0.5) is 11.4 Å². The molecule has 1 fully saturated rings. The van der Waals surface area contributed by atoms with E-state index >= 15 is 0 Å². The predicted octanol–water partition coefficient (Wildman–Crippen LogP) is 4.00. The third kappa shape index (κ3) is 4.36. The smallest absolute Gasteiger partial charge is 0.333 e. The summed E-state index contributed by atoms with van der Waals surface area (Å²) in [6, 6.07) is 12.0. The van der Waals surface area contributed by atoms with Crippen molar-refractivity contribution in [1.82, 2.24) is 4.90 Å². The third-order valence-electron chi connectivity index (χ3n) is 4.66. The minimum absolute atomic E-state index is 0.0287. The number of anilines is 1. The lowest BCUT2D eigenvalue weighted by atomic mass is 10.2. The van der Waals surface area contributed by atoms with Crippen LogP contribution in [0, 0.1) is 10.1 Å². The topological polar surface area (TPSA) is 75.9 Å². The molecule has 148 valence electrons. The molecule has 28 heavy (non-hydrogen) atoms. The van der Waals surface area contributed by atoms with Crippen LogP contribution in [0.25, 0.3) is 0 Å². The third-order valence-corrected chi connectivity index (χ3v) is 4.89. The average molecular weight is 404 g/mol. The highest BCUT2D eigenvalue weighted by Gasteiger charge is 2.27. The number of nitro benzene ring substituents is 1. The Hall–Kier alpha value is -2.80. The van der Waals surface area contributed by atoms with E-state index in [0.29, 0.717) is 55.5 Å². The van der Waals surface area contributed by atoms with Gasteiger partial charge in [0.2, 0.25) is 0 Å². The Balaban J connectivity index is 1.80. The summed E-state index contributed by atoms with van der Waals surface area (Å²) < 4.78 is 5.44. The first-order valence-corrected chi connectivity index (χ1v) is 9.59. The van der Waals surface area contributed by atoms with Gasteiger partial charge in [-0.2, -0.15) is 0 Å². The average Bonchev–Trinajstić information content (AvgIpc) is 2.93. The van der Waals surface area contributed by atoms with Gasteiger partial charge < -0.3 is 14.5 Å². The van der Waals surface area contributed by atoms with Gasteiger partial charge in [0.15, 0.2) is 5.75 Å². The standard InChI is InChI=1S/C20H22ClN3O4/c1-2-28-18-9-4-8-17(19(18)24(26)27)22-10-5-11-23(13-12-22)20(25)15-6-3-7-16(21)14-15/h3-4,6-9,14H,2,5,10-13H2,1H3. The summed E-state index contributed by atoms with van der Waals surface area (Å²) in [6.45, 7) is 4.33. The predicted molar refractivity (Wildman–Crippen MR) is 108 cm³/mol. The number of benzene rings is 2. The fourth-order valence-corrected chi connectivity index (χ4v) is 3.58. The number of ether oxygens (including phenoxy) is 1. The lowest BCUT2D eigenvalue weighted by Crippen LogP contribution is -2.35. The van der Waals surface area contributed by atoms with Gasteiger partial charge in [-0.05, 0) is 43.7 Å². The quantitative estimate of drug-likeness (QED) is 0.557. The number of hydrogen-bond acceptors (Lipinski definition) is 5. The van der Waals surface area contributed by atoms with Gasteiger partial charge in [0, 0.05) is 36.8 Å². The molecule has 2 aromatic carbocycles. The summed E-state index contributed by atoms with van der Waals surface area (Å²) in [7, 11) is 0. The van der Waals surface area contributed by atoms with E-state index in [-0.39, 0.29) is 17.3 Å². The molecule has 0 aromatic heterocycles. The second-order valence-corrected chi connectivity index (χ2v) is 6.89. The number of rotatable bonds is 5. The van der Waals surface area contributed by atoms with Gasteiger partial charge >= 0.3 is 5.69 Å². The van der Waals surface area contributed by atoms with Crippen molar-refractivity contribution in [2.75, 3.05) is 37.7 Å². The van der Waals surface area contributed by atoms with Crippen LogP contribution >= 0.6 is 11.6 Å². The van der Waals surface area contributed by atoms with Crippen LogP contribution in [-0.2, 0) is 0 Å². The van der Waals surface area contributed by atoms with Crippen molar-refractivity contribution in [1.29, 1.82) is 0 Å². The van der Waals surface area contributed by atoms with Crippen LogP contribution < -0.4 is 9.64 Å². The zero-order chi connectivity index (χ0) is 20.1. The first-order valence-electron chi connectivity index (χ1n) is 9.21. The summed E-state index contributed by atoms with van der Waals surface area (Å²) in [5.41, 5.74) is 1.04. The summed E-state index contributed by atoms with van der Waals surface area (Å²) in [4.78, 5) is 27.8. The maximum Gasteiger partial charge on any atom is 0.333 e. The molecule has 0 spiro atoms. The molecule has 1 aliphatic rings. The van der Waals surface area contributed by atoms with E-state index in [1.807, 2.05) is 4.90 Å². The molecule has 3 rings (SSSR count). The van der Waals surface area contributed by atoms with Gasteiger partial charge in [-0.3, -0.25) is 14.9 Å². The Morgan fingerprint density at radius 2 is 1.96 bits per heavy atom. The van der Waals surface area contributed by atoms with Gasteiger partial charge in [-0.25, -0.2) is 0 Å². The van der Waals surface area contributed by atoms with E-state index in [4.69, 9.17) is 16.3 Å². The van der Waals surface area contributed by atoms with E-state index < -0.39 is 4.92 Å². The molecule has 0 unspecified atom stereocenters. The lowest BCUT2D eigenvalue weighted by Gasteiger charge is -2.24. The van der Waals surface area contributed by atoms with Gasteiger partial charge in [-0.1, -0.05) is 23.7 Å². The molecule has 1 aliphatic heterocycles. The molecular formula is C20H22ClN3O4. The minimum atomic E-state index is -0.403. The van der Waals surface area contributed by atoms with Crippen molar-refractivity contribution in [2.24, 2.45) is 0 Å². The highest BCUT2D eigenvalue weighted by atomic mass is 35.5. The van der Waals surface area contributed by atoms with E-state index in [1.54, 1.807) is 54.3 Å². The van der Waals surface area contributed by atoms with E-state index in [9.17, 15) is 14.9 Å². The van der Waals surface area contributed by atoms with Crippen LogP contribution in [-0.4, -0.2) is 48.5 Å². The zero-order valence-corrected chi connectivity index (χ0v) is 16.4. The lowest BCUT2D eigenvalue weighted by molar-refractivity contribution is -0.385. The maximum atomic E-state index is 12.8. The molecule has 0 radical (unpaired) electrons. The zero-order valence-electron chi connectivity index (χ0n) is 15.6. The molecule has 0 N–H and O–H groups in total. The van der Waals surface area contributed by atoms with Crippen molar-refractivity contribution < 1.29 is 14.5 Å². The van der Waals surface area contributed by atoms with Crippen LogP contribution in [0.2, 0.25) is 5.02 Å². The second kappa shape index (κ2) is 8.93. The molecule has 0 aliphatic carbocycles. The fraction of sp³-hybridized carbons (Fsp3) is 0.350. The molecule has 1 heterocycles. The Morgan fingerprint density at radius 3 is 2.68 bits per heavy atom. The molecule has 8 heteroatoms. The van der Waals surface area contributed by atoms with Crippen LogP contribution in [0.5, 0.6) is 5.75 Å². The van der Waals surface area contributed by atoms with Gasteiger partial charge in [-0.15, -0.1) is 0 Å². The second-order valence-electron chi connectivity index (χ2n) is 6.46. The molecule has 0 bridgehead atoms. The van der Waals surface area contributed by atoms with E-state index in [2.05, 4.69) is 0 Å². The first kappa shape index (κ1) is 19.9. The summed E-state index contributed by atoms with van der Waals surface area (Å²) in [5.74, 6) is 0.183. The largest absolute Gasteiger partial charge is 0.487 e. The van der Waals surface area contributed by atoms with E-state index in [1.165, 1.54) is 0 Å². The van der Waals surface area contributed by atoms with Crippen LogP contribution in [0.1, 0.15) is 23.7 Å². The first-order chi connectivity index (χ1) is 13.5. The normalized spacial score (nSPS) is 14.5. The van der Waals surface area contributed by atoms with E-state index in [0.717, 1.165) is 0 Å². The van der Waals surface area contributed by atoms with Crippen molar-refractivity contribution in [3.63, 3.8) is 0 Å². The summed E-state index contributed by atoms with van der Waals surface area (Å²) >= 11 is 6.00. The Morgan fingerprint density at radius 1 is 1.18 bits per heavy atom. The highest BCUT2D eigenvalue weighted by Crippen LogP contribution is 2.37. The Bertz CT molecular complexity index is 874. The van der Waals surface area contributed by atoms with Crippen LogP contribution in [0.3, 0.4) is 0 Å². The van der Waals surface area contributed by atoms with Crippen molar-refractivity contribution in [3.8, 4) is 5.75 Å². The van der Waals surface area contributed by atoms with Crippen molar-refractivity contribution >= 4 is 28.9 Å². The van der Waals surface area contributed by atoms with Crippen molar-refractivity contribution in [2.45, 2.75) is 13.3 Å². The van der Waals surface area contributed by atoms with Crippen LogP contribution in [0.15, 0.2) is 42.5 Å². The molecule has 1 saturated heterocycles. The molecular weight excluding hydrogens is 382 g/mol. The number of carbonyl (C=O) groups excluding carboxylic acids is 1. The van der Waals surface area contributed by atoms with Gasteiger partial charge in [0.05, 0.1) is 11.5 Å². The molecule has 0 atom stereocenters. The summed E-state index contributed by atoms with van der Waals surface area (Å²) in [6.07, 6.45) is 0.711. The fourth-order valence-electron chi connectivity index (χ4n) is 3.39. The number of amides is 1. The van der Waals surface area contributed by atoms with Gasteiger partial charge in [0.25, 0.3) is 5.91 Å².